The van der Waals surface area contributed by atoms with Crippen LogP contribution in [0.1, 0.15) is 48.7 Å². The van der Waals surface area contributed by atoms with E-state index in [-0.39, 0.29) is 28.4 Å². The van der Waals surface area contributed by atoms with E-state index in [1.165, 1.54) is 23.9 Å². The lowest BCUT2D eigenvalue weighted by molar-refractivity contribution is -0.384. The molecule has 0 saturated heterocycles. The summed E-state index contributed by atoms with van der Waals surface area (Å²) in [6.07, 6.45) is 1.04. The van der Waals surface area contributed by atoms with Crippen molar-refractivity contribution in [1.29, 1.82) is 0 Å². The maximum atomic E-state index is 13.3. The van der Waals surface area contributed by atoms with E-state index in [4.69, 9.17) is 4.74 Å². The molecule has 3 aromatic rings. The standard InChI is InChI=1S/C26H25N5O5S/c1-26(2)12-19-22(20(32)13-26)23(16-4-8-17(9-5-16)31(34)35)30-24(27-19)28-25(29-30)37-14-21(33)15-6-10-18(36-3)11-7-15/h4-11,23H,12-14H2,1-3H3,(H,27,28,29). The van der Waals surface area contributed by atoms with Crippen molar-refractivity contribution in [3.05, 3.63) is 81.0 Å². The van der Waals surface area contributed by atoms with Gasteiger partial charge in [-0.3, -0.25) is 19.7 Å². The second kappa shape index (κ2) is 9.47. The lowest BCUT2D eigenvalue weighted by Gasteiger charge is -2.38. The maximum Gasteiger partial charge on any atom is 0.269 e. The van der Waals surface area contributed by atoms with E-state index in [0.29, 0.717) is 46.4 Å². The number of nitro groups is 1. The average molecular weight is 520 g/mol. The zero-order chi connectivity index (χ0) is 26.3. The van der Waals surface area contributed by atoms with Gasteiger partial charge in [0, 0.05) is 35.4 Å². The number of hydrogen-bond acceptors (Lipinski definition) is 9. The van der Waals surface area contributed by atoms with Crippen LogP contribution in [0.2, 0.25) is 0 Å². The van der Waals surface area contributed by atoms with Crippen LogP contribution in [0.25, 0.3) is 0 Å². The van der Waals surface area contributed by atoms with E-state index in [2.05, 4.69) is 15.4 Å². The summed E-state index contributed by atoms with van der Waals surface area (Å²) in [5, 5.41) is 19.5. The minimum Gasteiger partial charge on any atom is -0.497 e. The SMILES string of the molecule is COc1ccc(C(=O)CSc2nc3n(n2)C(c2ccc([N+](=O)[O-])cc2)C2=C(CC(C)(C)CC2=O)N3)cc1. The number of methoxy groups -OCH3 is 1. The van der Waals surface area contributed by atoms with Crippen LogP contribution in [0.15, 0.2) is 65.0 Å². The third-order valence-electron chi connectivity index (χ3n) is 6.48. The fourth-order valence-corrected chi connectivity index (χ4v) is 5.45. The Bertz CT molecular complexity index is 1430. The normalized spacial score (nSPS) is 18.0. The number of thioether (sulfide) groups is 1. The number of carbonyl (C=O) groups excluding carboxylic acids is 2. The third kappa shape index (κ3) is 4.86. The van der Waals surface area contributed by atoms with Gasteiger partial charge in [0.15, 0.2) is 11.6 Å². The number of anilines is 1. The number of non-ortho nitro benzene ring substituents is 1. The van der Waals surface area contributed by atoms with Gasteiger partial charge in [0.1, 0.15) is 11.8 Å². The van der Waals surface area contributed by atoms with Crippen LogP contribution in [-0.4, -0.2) is 44.1 Å². The molecule has 5 rings (SSSR count). The highest BCUT2D eigenvalue weighted by Gasteiger charge is 2.42. The molecule has 1 aliphatic heterocycles. The first-order valence-corrected chi connectivity index (χ1v) is 12.7. The van der Waals surface area contributed by atoms with E-state index in [9.17, 15) is 19.7 Å². The quantitative estimate of drug-likeness (QED) is 0.202. The lowest BCUT2D eigenvalue weighted by atomic mass is 9.73. The molecular formula is C26H25N5O5S. The monoisotopic (exact) mass is 519 g/mol. The minimum atomic E-state index is -0.574. The number of nitro benzene ring substituents is 1. The summed E-state index contributed by atoms with van der Waals surface area (Å²) in [7, 11) is 1.57. The van der Waals surface area contributed by atoms with Crippen molar-refractivity contribution < 1.29 is 19.2 Å². The van der Waals surface area contributed by atoms with Gasteiger partial charge in [-0.2, -0.15) is 4.98 Å². The highest BCUT2D eigenvalue weighted by molar-refractivity contribution is 7.99. The summed E-state index contributed by atoms with van der Waals surface area (Å²) in [6, 6.07) is 12.5. The predicted molar refractivity (Wildman–Crippen MR) is 138 cm³/mol. The number of nitrogens with one attached hydrogen (secondary N) is 1. The number of aromatic nitrogens is 3. The van der Waals surface area contributed by atoms with Gasteiger partial charge in [-0.05, 0) is 53.8 Å². The molecule has 2 aliphatic rings. The van der Waals surface area contributed by atoms with Crippen molar-refractivity contribution in [3.63, 3.8) is 0 Å². The lowest BCUT2D eigenvalue weighted by Crippen LogP contribution is -2.36. The Balaban J connectivity index is 1.46. The number of ketones is 2. The summed E-state index contributed by atoms with van der Waals surface area (Å²) in [4.78, 5) is 41.3. The highest BCUT2D eigenvalue weighted by atomic mass is 32.2. The molecule has 10 nitrogen and oxygen atoms in total. The van der Waals surface area contributed by atoms with E-state index >= 15 is 0 Å². The van der Waals surface area contributed by atoms with Crippen LogP contribution in [-0.2, 0) is 4.79 Å². The first-order chi connectivity index (χ1) is 17.6. The number of nitrogens with zero attached hydrogens (tertiary/aromatic N) is 4. The van der Waals surface area contributed by atoms with E-state index in [0.717, 1.165) is 5.70 Å². The largest absolute Gasteiger partial charge is 0.497 e. The Labute approximate surface area is 217 Å². The molecule has 0 bridgehead atoms. The molecule has 1 aliphatic carbocycles. The second-order valence-electron chi connectivity index (χ2n) is 9.81. The summed E-state index contributed by atoms with van der Waals surface area (Å²) >= 11 is 1.21. The third-order valence-corrected chi connectivity index (χ3v) is 7.31. The van der Waals surface area contributed by atoms with Gasteiger partial charge in [-0.1, -0.05) is 25.6 Å². The fourth-order valence-electron chi connectivity index (χ4n) is 4.73. The van der Waals surface area contributed by atoms with Gasteiger partial charge in [0.2, 0.25) is 11.1 Å². The number of hydrogen-bond donors (Lipinski definition) is 1. The maximum absolute atomic E-state index is 13.3. The van der Waals surface area contributed by atoms with E-state index in [1.54, 1.807) is 48.2 Å². The van der Waals surface area contributed by atoms with Crippen molar-refractivity contribution in [1.82, 2.24) is 14.8 Å². The molecule has 0 fully saturated rings. The van der Waals surface area contributed by atoms with Crippen molar-refractivity contribution >= 4 is 35.0 Å². The Morgan fingerprint density at radius 2 is 1.89 bits per heavy atom. The molecule has 37 heavy (non-hydrogen) atoms. The van der Waals surface area contributed by atoms with Gasteiger partial charge in [0.05, 0.1) is 17.8 Å². The highest BCUT2D eigenvalue weighted by Crippen LogP contribution is 2.45. The van der Waals surface area contributed by atoms with E-state index in [1.807, 2.05) is 13.8 Å². The summed E-state index contributed by atoms with van der Waals surface area (Å²) in [5.74, 6) is 1.20. The molecule has 190 valence electrons. The predicted octanol–water partition coefficient (Wildman–Crippen LogP) is 4.83. The molecule has 11 heteroatoms. The summed E-state index contributed by atoms with van der Waals surface area (Å²) in [5.41, 5.74) is 2.39. The van der Waals surface area contributed by atoms with Crippen LogP contribution in [0.4, 0.5) is 11.6 Å². The number of benzene rings is 2. The smallest absolute Gasteiger partial charge is 0.269 e. The summed E-state index contributed by atoms with van der Waals surface area (Å²) in [6.45, 7) is 4.09. The number of rotatable bonds is 7. The van der Waals surface area contributed by atoms with Crippen LogP contribution in [0.3, 0.4) is 0 Å². The molecule has 1 aromatic heterocycles. The Morgan fingerprint density at radius 1 is 1.19 bits per heavy atom. The second-order valence-corrected chi connectivity index (χ2v) is 10.8. The Morgan fingerprint density at radius 3 is 2.54 bits per heavy atom. The molecule has 0 spiro atoms. The number of ether oxygens (including phenoxy) is 1. The molecule has 0 amide bonds. The first-order valence-electron chi connectivity index (χ1n) is 11.7. The van der Waals surface area contributed by atoms with Crippen LogP contribution < -0.4 is 10.1 Å². The topological polar surface area (TPSA) is 129 Å². The van der Waals surface area contributed by atoms with Crippen LogP contribution in [0.5, 0.6) is 5.75 Å². The molecule has 0 saturated carbocycles. The van der Waals surface area contributed by atoms with Crippen LogP contribution >= 0.6 is 11.8 Å². The van der Waals surface area contributed by atoms with E-state index < -0.39 is 11.0 Å². The molecular weight excluding hydrogens is 494 g/mol. The number of Topliss-reactive ketones (excluding diaryl/α,β-unsaturated/α-hetero) is 2. The zero-order valence-electron chi connectivity index (χ0n) is 20.6. The van der Waals surface area contributed by atoms with Gasteiger partial charge >= 0.3 is 0 Å². The molecule has 2 heterocycles. The van der Waals surface area contributed by atoms with Crippen molar-refractivity contribution in [2.24, 2.45) is 5.41 Å². The first kappa shape index (κ1) is 24.7. The summed E-state index contributed by atoms with van der Waals surface area (Å²) < 4.78 is 6.78. The van der Waals surface area contributed by atoms with Crippen molar-refractivity contribution in [2.45, 2.75) is 37.9 Å². The molecule has 1 unspecified atom stereocenters. The minimum absolute atomic E-state index is 0.00661. The molecule has 1 atom stereocenters. The molecule has 0 radical (unpaired) electrons. The zero-order valence-corrected chi connectivity index (χ0v) is 21.4. The van der Waals surface area contributed by atoms with Gasteiger partial charge in [-0.25, -0.2) is 4.68 Å². The molecule has 2 aromatic carbocycles. The Hall–Kier alpha value is -3.99. The van der Waals surface area contributed by atoms with Gasteiger partial charge in [0.25, 0.3) is 5.69 Å². The molecule has 1 N–H and O–H groups in total. The number of fused-ring (bicyclic) bond motifs is 1. The van der Waals surface area contributed by atoms with Crippen molar-refractivity contribution in [2.75, 3.05) is 18.2 Å². The number of carbonyl (C=O) groups is 2. The van der Waals surface area contributed by atoms with Gasteiger partial charge < -0.3 is 10.1 Å². The van der Waals surface area contributed by atoms with Gasteiger partial charge in [-0.15, -0.1) is 5.10 Å². The fraction of sp³-hybridized carbons (Fsp3) is 0.308. The van der Waals surface area contributed by atoms with Crippen molar-refractivity contribution in [3.8, 4) is 5.75 Å². The van der Waals surface area contributed by atoms with Crippen LogP contribution in [0, 0.1) is 15.5 Å². The Kier molecular flexibility index (Phi) is 6.32. The number of allylic oxidation sites excluding steroid dienone is 2. The average Bonchev–Trinajstić information content (AvgIpc) is 3.28.